The summed E-state index contributed by atoms with van der Waals surface area (Å²) in [6.45, 7) is 83.3. The molecule has 0 radical (unpaired) electrons. The van der Waals surface area contributed by atoms with Crippen LogP contribution in [-0.4, -0.2) is 223 Å². The lowest BCUT2D eigenvalue weighted by molar-refractivity contribution is -0.164. The molecule has 3 aliphatic rings. The predicted octanol–water partition coefficient (Wildman–Crippen LogP) is 27.9. The molecule has 792 valence electrons. The van der Waals surface area contributed by atoms with Gasteiger partial charge in [0.2, 0.25) is 0 Å². The monoisotopic (exact) mass is 2030 g/mol. The molecule has 0 aromatic rings. The Bertz CT molecular complexity index is 3530. The lowest BCUT2D eigenvalue weighted by Gasteiger charge is -2.47. The number of aliphatic hydroxyl groups is 3. The van der Waals surface area contributed by atoms with Crippen molar-refractivity contribution in [3.05, 3.63) is 22.6 Å². The zero-order chi connectivity index (χ0) is 103. The molecule has 3 fully saturated rings. The summed E-state index contributed by atoms with van der Waals surface area (Å²) in [6.07, 6.45) is 34.9. The van der Waals surface area contributed by atoms with Crippen LogP contribution in [0.1, 0.15) is 386 Å². The first-order valence-electron chi connectivity index (χ1n) is 51.9. The van der Waals surface area contributed by atoms with Crippen molar-refractivity contribution in [3.8, 4) is 0 Å². The maximum atomic E-state index is 12.2. The minimum atomic E-state index is -3.88. The van der Waals surface area contributed by atoms with Crippen LogP contribution in [0, 0.1) is 0 Å². The summed E-state index contributed by atoms with van der Waals surface area (Å²) in [5, 5.41) is 34.5. The van der Waals surface area contributed by atoms with Gasteiger partial charge in [0.1, 0.15) is 54.9 Å². The number of allylic oxidation sites excluding steroid dienone is 1. The number of hydrogen-bond donors (Lipinski definition) is 3. The molecule has 133 heavy (non-hydrogen) atoms. The molecular weight excluding hydrogens is 1820 g/mol. The van der Waals surface area contributed by atoms with Gasteiger partial charge in [-0.25, -0.2) is 0 Å². The van der Waals surface area contributed by atoms with E-state index in [0.29, 0.717) is 0 Å². The van der Waals surface area contributed by atoms with Gasteiger partial charge in [0.05, 0.1) is 68.9 Å². The Morgan fingerprint density at radius 3 is 0.842 bits per heavy atom. The smallest absolute Gasteiger partial charge is 0.264 e. The summed E-state index contributed by atoms with van der Waals surface area (Å²) >= 11 is 0. The maximum absolute atomic E-state index is 12.2. The molecule has 0 spiro atoms. The third-order valence-electron chi connectivity index (χ3n) is 29.7. The molecule has 3 aliphatic heterocycles. The van der Waals surface area contributed by atoms with Crippen molar-refractivity contribution in [1.82, 2.24) is 0 Å². The quantitative estimate of drug-likeness (QED) is 0.00969. The highest BCUT2D eigenvalue weighted by molar-refractivity contribution is 7.86. The second-order valence-corrected chi connectivity index (χ2v) is 81.3. The van der Waals surface area contributed by atoms with Crippen LogP contribution in [0.4, 0.5) is 0 Å². The minimum Gasteiger partial charge on any atom is -0.411 e. The SMILES string of the molecule is CCCCCCCCCCC=C[C@H](O[Si](C)(C)C(C)(C)C)[C@H](O[Si](C)(C)C(C)(C)C)[C@H]1OC(C)(C)O[C@H]1[C@@H](CO)OS(C)(=O)=O.CCCCCCCCCCCC[C@H](O[Si](C)(C)C(C)(C)C)[C@H](O[Si](C)(C)C(C)(C)C)[C@H]1OC(C)(C)O[C@H]1[C@@H](CO)OS(C)(=O)=O.CCCCCCCCCCCC[C@H](O[Si](C)(C)C(C)(C)C)[C@H](O[Si](C)(C)C(C)(C)C)[C@H]1OC(C)(C)O[C@H]1[C@H](CO)N=[N+]=[N-]. The molecule has 3 N–H and O–H groups in total. The van der Waals surface area contributed by atoms with E-state index in [4.69, 9.17) is 63.3 Å². The fourth-order valence-electron chi connectivity index (χ4n) is 15.5. The molecule has 3 rings (SSSR count). The fourth-order valence-corrected chi connectivity index (χ4v) is 24.6. The Kier molecular flexibility index (Phi) is 55.9. The summed E-state index contributed by atoms with van der Waals surface area (Å²) < 4.78 is 142. The van der Waals surface area contributed by atoms with E-state index in [0.717, 1.165) is 63.9 Å². The molecule has 0 unspecified atom stereocenters. The van der Waals surface area contributed by atoms with Crippen molar-refractivity contribution in [3.63, 3.8) is 0 Å². The predicted molar refractivity (Wildman–Crippen MR) is 567 cm³/mol. The van der Waals surface area contributed by atoms with Gasteiger partial charge in [0, 0.05) is 4.91 Å². The normalized spacial score (nSPS) is 22.0. The van der Waals surface area contributed by atoms with E-state index in [1.165, 1.54) is 148 Å². The van der Waals surface area contributed by atoms with Gasteiger partial charge in [0.25, 0.3) is 20.2 Å². The average molecular weight is 2040 g/mol. The Morgan fingerprint density at radius 1 is 0.346 bits per heavy atom. The summed E-state index contributed by atoms with van der Waals surface area (Å²) in [5.74, 6) is -3.00. The molecule has 32 heteroatoms. The number of aliphatic hydroxyl groups excluding tert-OH is 3. The maximum Gasteiger partial charge on any atom is 0.264 e. The summed E-state index contributed by atoms with van der Waals surface area (Å²) in [5.41, 5.74) is 9.29. The standard InChI is InChI=1S/C34H72O8SSi2.C34H70O8SSi2.C33H69N3O5Si2/c2*1-15-16-17-18-19-20-21-22-23-24-25-27(41-44(11,12)32(2,3)4)30(42-45(13,14)33(5,6)7)31-29(38-34(8,9)39-31)28(26-35)40-43(10,36)37;1-14-15-16-17-18-19-20-21-22-23-24-27(40-42(10,11)31(2,3)4)29(41-43(12,13)32(5,6)7)30-28(26(25-37)35-36-34)38-33(8,9)39-30/h27-31,35H,15-26H2,1-14H3;24-25,27-31,35H,15-23,26H2,1-14H3;26-30,37H,14-25H2,1-13H3/t2*27-,28+,29-,30-,31-;26-,27-,28-,29-,30-/m000/s1. The zero-order valence-electron chi connectivity index (χ0n) is 93.2. The molecule has 0 aromatic heterocycles. The van der Waals surface area contributed by atoms with Crippen LogP contribution >= 0.6 is 0 Å². The van der Waals surface area contributed by atoms with Gasteiger partial charge < -0.3 is 70.3 Å². The van der Waals surface area contributed by atoms with E-state index in [-0.39, 0.29) is 49.0 Å². The lowest BCUT2D eigenvalue weighted by Crippen LogP contribution is -2.58. The number of nitrogens with zero attached hydrogens (tertiary/aromatic N) is 3. The highest BCUT2D eigenvalue weighted by atomic mass is 32.2. The summed E-state index contributed by atoms with van der Waals surface area (Å²) in [4.78, 5) is 3.02. The van der Waals surface area contributed by atoms with E-state index in [1.54, 1.807) is 13.8 Å². The topological polar surface area (TPSA) is 307 Å². The molecule has 0 aliphatic carbocycles. The van der Waals surface area contributed by atoms with E-state index in [1.807, 2.05) is 27.7 Å². The van der Waals surface area contributed by atoms with Crippen molar-refractivity contribution in [2.24, 2.45) is 5.11 Å². The molecular formula is C101H211N3O21S2Si6. The van der Waals surface area contributed by atoms with Crippen LogP contribution in [0.3, 0.4) is 0 Å². The van der Waals surface area contributed by atoms with E-state index in [2.05, 4.69) is 246 Å². The lowest BCUT2D eigenvalue weighted by atomic mass is 9.95. The van der Waals surface area contributed by atoms with Crippen LogP contribution in [0.25, 0.3) is 10.4 Å². The number of unbranched alkanes of at least 4 members (excludes halogenated alkanes) is 26. The van der Waals surface area contributed by atoms with Crippen LogP contribution in [0.5, 0.6) is 0 Å². The minimum absolute atomic E-state index is 0.0228. The van der Waals surface area contributed by atoms with Crippen LogP contribution in [-0.2, 0) is 83.6 Å². The van der Waals surface area contributed by atoms with E-state index < -0.39 is 180 Å². The largest absolute Gasteiger partial charge is 0.411 e. The molecule has 0 aromatic carbocycles. The zero-order valence-corrected chi connectivity index (χ0v) is 101. The number of ether oxygens (including phenoxy) is 6. The van der Waals surface area contributed by atoms with Crippen molar-refractivity contribution < 1.29 is 95.5 Å². The number of hydrogen-bond acceptors (Lipinski definition) is 22. The van der Waals surface area contributed by atoms with Gasteiger partial charge in [-0.2, -0.15) is 16.8 Å². The molecule has 0 bridgehead atoms. The van der Waals surface area contributed by atoms with Crippen molar-refractivity contribution >= 4 is 70.1 Å². The summed E-state index contributed by atoms with van der Waals surface area (Å²) in [7, 11) is -21.7. The van der Waals surface area contributed by atoms with Crippen LogP contribution in [0.2, 0.25) is 109 Å². The Balaban J connectivity index is 0.000000998. The highest BCUT2D eigenvalue weighted by Gasteiger charge is 2.60. The Morgan fingerprint density at radius 2 is 0.579 bits per heavy atom. The second-order valence-electron chi connectivity index (χ2n) is 49.5. The fraction of sp³-hybridized carbons (Fsp3) is 0.980. The Labute approximate surface area is 823 Å². The third-order valence-corrected chi connectivity index (χ3v) is 57.8. The number of azide groups is 1. The molecule has 0 amide bonds. The Hall–Kier alpha value is -0.429. The van der Waals surface area contributed by atoms with E-state index in [9.17, 15) is 37.7 Å². The van der Waals surface area contributed by atoms with Gasteiger partial charge >= 0.3 is 0 Å². The van der Waals surface area contributed by atoms with Crippen molar-refractivity contribution in [2.45, 2.75) is 604 Å². The first kappa shape index (κ1) is 131. The number of rotatable bonds is 61. The molecule has 15 atom stereocenters. The van der Waals surface area contributed by atoms with Gasteiger partial charge in [-0.15, -0.1) is 0 Å². The second kappa shape index (κ2) is 56.9. The van der Waals surface area contributed by atoms with Crippen molar-refractivity contribution in [1.29, 1.82) is 0 Å². The van der Waals surface area contributed by atoms with E-state index >= 15 is 0 Å². The van der Waals surface area contributed by atoms with Gasteiger partial charge in [-0.05, 0) is 182 Å². The highest BCUT2D eigenvalue weighted by Crippen LogP contribution is 2.50. The van der Waals surface area contributed by atoms with Gasteiger partial charge in [0.15, 0.2) is 67.3 Å². The molecule has 3 saturated heterocycles. The first-order chi connectivity index (χ1) is 60.5. The molecule has 3 heterocycles. The third kappa shape index (κ3) is 47.1. The van der Waals surface area contributed by atoms with Crippen LogP contribution in [0.15, 0.2) is 17.3 Å². The van der Waals surface area contributed by atoms with Crippen molar-refractivity contribution in [2.75, 3.05) is 32.3 Å². The van der Waals surface area contributed by atoms with Crippen LogP contribution < -0.4 is 0 Å². The van der Waals surface area contributed by atoms with Gasteiger partial charge in [-0.3, -0.25) is 8.37 Å². The summed E-state index contributed by atoms with van der Waals surface area (Å²) in [6, 6.07) is -0.784. The first-order valence-corrected chi connectivity index (χ1v) is 73.0. The molecule has 24 nitrogen and oxygen atoms in total. The molecule has 0 saturated carbocycles. The van der Waals surface area contributed by atoms with Gasteiger partial charge in [-0.1, -0.05) is 336 Å². The average Bonchev–Trinajstić information content (AvgIpc) is 1.66.